The number of hydrogen-bond donors (Lipinski definition) is 2. The molecule has 122 valence electrons. The lowest BCUT2D eigenvalue weighted by Gasteiger charge is -2.26. The monoisotopic (exact) mass is 313 g/mol. The van der Waals surface area contributed by atoms with Gasteiger partial charge in [0.15, 0.2) is 5.69 Å². The molecule has 2 fully saturated rings. The molecule has 2 aromatic rings. The van der Waals surface area contributed by atoms with Crippen LogP contribution in [-0.2, 0) is 0 Å². The van der Waals surface area contributed by atoms with Crippen molar-refractivity contribution in [2.75, 3.05) is 13.2 Å². The van der Waals surface area contributed by atoms with E-state index in [9.17, 15) is 9.90 Å². The first-order chi connectivity index (χ1) is 11.2. The van der Waals surface area contributed by atoms with Crippen LogP contribution < -0.4 is 5.32 Å². The Labute approximate surface area is 135 Å². The van der Waals surface area contributed by atoms with E-state index in [2.05, 4.69) is 10.3 Å². The van der Waals surface area contributed by atoms with Gasteiger partial charge in [-0.3, -0.25) is 4.79 Å². The fraction of sp³-hybridized carbons (Fsp3) is 0.556. The van der Waals surface area contributed by atoms with Gasteiger partial charge in [-0.25, -0.2) is 4.98 Å². The molecule has 4 rings (SSSR count). The van der Waals surface area contributed by atoms with Crippen molar-refractivity contribution in [2.45, 2.75) is 44.4 Å². The van der Waals surface area contributed by atoms with Crippen LogP contribution in [0, 0.1) is 5.41 Å². The van der Waals surface area contributed by atoms with Gasteiger partial charge in [-0.05, 0) is 37.8 Å². The molecule has 2 heterocycles. The highest BCUT2D eigenvalue weighted by Gasteiger charge is 2.34. The number of carbonyl (C=O) groups is 1. The van der Waals surface area contributed by atoms with Crippen molar-refractivity contribution >= 4 is 11.4 Å². The van der Waals surface area contributed by atoms with Gasteiger partial charge in [-0.2, -0.15) is 0 Å². The first-order valence-electron chi connectivity index (χ1n) is 8.58. The predicted octanol–water partition coefficient (Wildman–Crippen LogP) is 2.49. The van der Waals surface area contributed by atoms with Gasteiger partial charge in [-0.1, -0.05) is 18.9 Å². The van der Waals surface area contributed by atoms with E-state index in [1.54, 1.807) is 0 Å². The molecule has 0 saturated heterocycles. The van der Waals surface area contributed by atoms with Gasteiger partial charge < -0.3 is 14.8 Å². The van der Waals surface area contributed by atoms with Gasteiger partial charge in [0.05, 0.1) is 12.1 Å². The first-order valence-corrected chi connectivity index (χ1v) is 8.58. The lowest BCUT2D eigenvalue weighted by Crippen LogP contribution is -2.38. The quantitative estimate of drug-likeness (QED) is 0.891. The molecule has 0 aromatic carbocycles. The van der Waals surface area contributed by atoms with Gasteiger partial charge in [0.1, 0.15) is 5.82 Å². The normalized spacial score (nSPS) is 20.0. The van der Waals surface area contributed by atoms with Gasteiger partial charge >= 0.3 is 0 Å². The maximum atomic E-state index is 12.7. The highest BCUT2D eigenvalue weighted by atomic mass is 16.3. The Balaban J connectivity index is 1.57. The van der Waals surface area contributed by atoms with Gasteiger partial charge in [0.2, 0.25) is 0 Å². The van der Waals surface area contributed by atoms with E-state index in [1.165, 1.54) is 0 Å². The molecular weight excluding hydrogens is 290 g/mol. The van der Waals surface area contributed by atoms with Crippen molar-refractivity contribution in [1.82, 2.24) is 14.7 Å². The molecule has 2 aliphatic rings. The molecule has 2 saturated carbocycles. The van der Waals surface area contributed by atoms with Gasteiger partial charge in [0.25, 0.3) is 5.91 Å². The van der Waals surface area contributed by atoms with Gasteiger partial charge in [-0.15, -0.1) is 0 Å². The van der Waals surface area contributed by atoms with Crippen LogP contribution in [0.15, 0.2) is 24.4 Å². The first kappa shape index (κ1) is 14.7. The zero-order valence-electron chi connectivity index (χ0n) is 13.3. The summed E-state index contributed by atoms with van der Waals surface area (Å²) in [6.45, 7) is 0.678. The summed E-state index contributed by atoms with van der Waals surface area (Å²) in [5, 5.41) is 12.7. The molecule has 0 aliphatic heterocycles. The Kier molecular flexibility index (Phi) is 3.60. The van der Waals surface area contributed by atoms with Crippen molar-refractivity contribution in [3.05, 3.63) is 35.9 Å². The summed E-state index contributed by atoms with van der Waals surface area (Å²) in [7, 11) is 0. The van der Waals surface area contributed by atoms with E-state index in [4.69, 9.17) is 0 Å². The lowest BCUT2D eigenvalue weighted by atomic mass is 9.87. The highest BCUT2D eigenvalue weighted by Crippen LogP contribution is 2.40. The smallest absolute Gasteiger partial charge is 0.272 e. The average molecular weight is 313 g/mol. The minimum absolute atomic E-state index is 0.125. The van der Waals surface area contributed by atoms with Crippen LogP contribution in [0.3, 0.4) is 0 Å². The fourth-order valence-corrected chi connectivity index (χ4v) is 3.73. The molecule has 5 nitrogen and oxygen atoms in total. The molecule has 23 heavy (non-hydrogen) atoms. The van der Waals surface area contributed by atoms with E-state index in [0.717, 1.165) is 49.9 Å². The average Bonchev–Trinajstić information content (AvgIpc) is 3.20. The number of aromatic nitrogens is 2. The number of carbonyl (C=O) groups excluding carboxylic acids is 1. The summed E-state index contributed by atoms with van der Waals surface area (Å²) >= 11 is 0. The van der Waals surface area contributed by atoms with Crippen molar-refractivity contribution in [1.29, 1.82) is 0 Å². The van der Waals surface area contributed by atoms with Crippen LogP contribution in [0.1, 0.15) is 60.8 Å². The third-order valence-corrected chi connectivity index (χ3v) is 5.36. The Morgan fingerprint density at radius 1 is 1.35 bits per heavy atom. The molecule has 2 aliphatic carbocycles. The SMILES string of the molecule is O=C(NCC1(CO)CCCC1)c1nc(C2CC2)n2ccccc12. The van der Waals surface area contributed by atoms with E-state index in [-0.39, 0.29) is 17.9 Å². The zero-order chi connectivity index (χ0) is 15.9. The van der Waals surface area contributed by atoms with E-state index in [0.29, 0.717) is 18.2 Å². The molecule has 0 unspecified atom stereocenters. The number of imidazole rings is 1. The fourth-order valence-electron chi connectivity index (χ4n) is 3.73. The Bertz CT molecular complexity index is 727. The van der Waals surface area contributed by atoms with E-state index >= 15 is 0 Å². The summed E-state index contributed by atoms with van der Waals surface area (Å²) in [4.78, 5) is 17.3. The van der Waals surface area contributed by atoms with Crippen LogP contribution in [0.4, 0.5) is 0 Å². The molecule has 0 atom stereocenters. The number of hydrogen-bond acceptors (Lipinski definition) is 3. The van der Waals surface area contributed by atoms with Crippen molar-refractivity contribution in [3.63, 3.8) is 0 Å². The lowest BCUT2D eigenvalue weighted by molar-refractivity contribution is 0.0878. The number of rotatable bonds is 5. The summed E-state index contributed by atoms with van der Waals surface area (Å²) in [6.07, 6.45) is 8.54. The molecule has 5 heteroatoms. The number of nitrogens with zero attached hydrogens (tertiary/aromatic N) is 2. The number of aliphatic hydroxyl groups excluding tert-OH is 1. The number of amides is 1. The number of aliphatic hydroxyl groups is 1. The predicted molar refractivity (Wildman–Crippen MR) is 87.5 cm³/mol. The second-order valence-corrected chi connectivity index (χ2v) is 7.10. The van der Waals surface area contributed by atoms with Crippen LogP contribution in [0.2, 0.25) is 0 Å². The Hall–Kier alpha value is -1.88. The molecule has 0 spiro atoms. The maximum Gasteiger partial charge on any atom is 0.272 e. The van der Waals surface area contributed by atoms with Crippen LogP contribution in [0.25, 0.3) is 5.52 Å². The van der Waals surface area contributed by atoms with Crippen molar-refractivity contribution in [2.24, 2.45) is 5.41 Å². The Morgan fingerprint density at radius 2 is 2.13 bits per heavy atom. The van der Waals surface area contributed by atoms with Crippen molar-refractivity contribution < 1.29 is 9.90 Å². The van der Waals surface area contributed by atoms with E-state index < -0.39 is 0 Å². The minimum Gasteiger partial charge on any atom is -0.396 e. The van der Waals surface area contributed by atoms with Crippen LogP contribution in [-0.4, -0.2) is 33.6 Å². The maximum absolute atomic E-state index is 12.7. The molecular formula is C18H23N3O2. The third-order valence-electron chi connectivity index (χ3n) is 5.36. The largest absolute Gasteiger partial charge is 0.396 e. The third kappa shape index (κ3) is 2.63. The van der Waals surface area contributed by atoms with Gasteiger partial charge in [0, 0.05) is 24.1 Å². The number of fused-ring (bicyclic) bond motifs is 1. The summed E-state index contributed by atoms with van der Waals surface area (Å²) < 4.78 is 2.05. The summed E-state index contributed by atoms with van der Waals surface area (Å²) in [6, 6.07) is 5.86. The second kappa shape index (κ2) is 5.64. The zero-order valence-corrected chi connectivity index (χ0v) is 13.3. The van der Waals surface area contributed by atoms with Crippen LogP contribution >= 0.6 is 0 Å². The molecule has 2 N–H and O–H groups in total. The molecule has 0 bridgehead atoms. The molecule has 0 radical (unpaired) electrons. The van der Waals surface area contributed by atoms with E-state index in [1.807, 2.05) is 28.8 Å². The topological polar surface area (TPSA) is 66.6 Å². The molecule has 1 amide bonds. The second-order valence-electron chi connectivity index (χ2n) is 7.10. The minimum atomic E-state index is -0.134. The van der Waals surface area contributed by atoms with Crippen molar-refractivity contribution in [3.8, 4) is 0 Å². The highest BCUT2D eigenvalue weighted by molar-refractivity contribution is 5.99. The molecule has 2 aromatic heterocycles. The number of pyridine rings is 1. The standard InChI is InChI=1S/C18H23N3O2/c22-12-18(8-2-3-9-18)11-19-17(23)15-14-5-1-4-10-21(14)16(20-15)13-6-7-13/h1,4-5,10,13,22H,2-3,6-9,11-12H2,(H,19,23). The Morgan fingerprint density at radius 3 is 2.83 bits per heavy atom. The summed E-state index contributed by atoms with van der Waals surface area (Å²) in [5.41, 5.74) is 1.25. The number of nitrogens with one attached hydrogen (secondary N) is 1. The van der Waals surface area contributed by atoms with Crippen LogP contribution in [0.5, 0.6) is 0 Å². The summed E-state index contributed by atoms with van der Waals surface area (Å²) in [5.74, 6) is 1.37.